The number of nitrogens with zero attached hydrogens (tertiary/aromatic N) is 1. The van der Waals surface area contributed by atoms with Gasteiger partial charge in [0.1, 0.15) is 0 Å². The van der Waals surface area contributed by atoms with Crippen molar-refractivity contribution >= 4 is 0 Å². The zero-order valence-corrected chi connectivity index (χ0v) is 7.87. The second-order valence-electron chi connectivity index (χ2n) is 3.90. The van der Waals surface area contributed by atoms with Gasteiger partial charge in [-0.05, 0) is 25.3 Å². The van der Waals surface area contributed by atoms with E-state index in [-0.39, 0.29) is 6.10 Å². The van der Waals surface area contributed by atoms with Gasteiger partial charge in [0.25, 0.3) is 0 Å². The van der Waals surface area contributed by atoms with Crippen molar-refractivity contribution in [2.45, 2.75) is 25.9 Å². The highest BCUT2D eigenvalue weighted by atomic mass is 16.3. The molecule has 0 aliphatic carbocycles. The first-order chi connectivity index (χ1) is 5.72. The number of nitrogens with two attached hydrogens (primary N) is 1. The average molecular weight is 172 g/mol. The summed E-state index contributed by atoms with van der Waals surface area (Å²) in [5.41, 5.74) is 5.35. The molecule has 0 spiro atoms. The molecule has 0 aromatic heterocycles. The van der Waals surface area contributed by atoms with Crippen LogP contribution >= 0.6 is 0 Å². The van der Waals surface area contributed by atoms with E-state index < -0.39 is 0 Å². The van der Waals surface area contributed by atoms with Crippen LogP contribution in [0.3, 0.4) is 0 Å². The number of likely N-dealkylation sites (tertiary alicyclic amines) is 1. The SMILES string of the molecule is CC1CCCN(C[C@@H](O)CN)C1. The Hall–Kier alpha value is -0.120. The Morgan fingerprint density at radius 2 is 2.42 bits per heavy atom. The molecular weight excluding hydrogens is 152 g/mol. The molecule has 1 aliphatic rings. The lowest BCUT2D eigenvalue weighted by Gasteiger charge is -2.31. The van der Waals surface area contributed by atoms with Crippen LogP contribution in [0.2, 0.25) is 0 Å². The van der Waals surface area contributed by atoms with Crippen molar-refractivity contribution in [1.82, 2.24) is 4.90 Å². The third-order valence-corrected chi connectivity index (χ3v) is 2.48. The predicted molar refractivity (Wildman–Crippen MR) is 49.9 cm³/mol. The highest BCUT2D eigenvalue weighted by molar-refractivity contribution is 4.72. The molecule has 12 heavy (non-hydrogen) atoms. The Labute approximate surface area is 74.5 Å². The van der Waals surface area contributed by atoms with Gasteiger partial charge >= 0.3 is 0 Å². The first-order valence-electron chi connectivity index (χ1n) is 4.83. The predicted octanol–water partition coefficient (Wildman–Crippen LogP) is 0.0379. The molecule has 72 valence electrons. The fraction of sp³-hybridized carbons (Fsp3) is 1.00. The van der Waals surface area contributed by atoms with Gasteiger partial charge in [-0.3, -0.25) is 0 Å². The van der Waals surface area contributed by atoms with Crippen molar-refractivity contribution in [3.8, 4) is 0 Å². The van der Waals surface area contributed by atoms with Crippen LogP contribution in [0.15, 0.2) is 0 Å². The maximum Gasteiger partial charge on any atom is 0.0789 e. The second-order valence-corrected chi connectivity index (χ2v) is 3.90. The van der Waals surface area contributed by atoms with Crippen LogP contribution in [0.1, 0.15) is 19.8 Å². The highest BCUT2D eigenvalue weighted by Crippen LogP contribution is 2.15. The summed E-state index contributed by atoms with van der Waals surface area (Å²) in [5, 5.41) is 9.33. The van der Waals surface area contributed by atoms with E-state index >= 15 is 0 Å². The molecule has 1 rings (SSSR count). The van der Waals surface area contributed by atoms with Crippen LogP contribution in [-0.2, 0) is 0 Å². The maximum absolute atomic E-state index is 9.33. The number of aliphatic hydroxyl groups excluding tert-OH is 1. The third kappa shape index (κ3) is 3.09. The van der Waals surface area contributed by atoms with Gasteiger partial charge in [-0.2, -0.15) is 0 Å². The van der Waals surface area contributed by atoms with Gasteiger partial charge in [0.05, 0.1) is 6.10 Å². The highest BCUT2D eigenvalue weighted by Gasteiger charge is 2.17. The first-order valence-corrected chi connectivity index (χ1v) is 4.83. The maximum atomic E-state index is 9.33. The standard InChI is InChI=1S/C9H20N2O/c1-8-3-2-4-11(6-8)7-9(12)5-10/h8-9,12H,2-7,10H2,1H3/t8?,9-/m0/s1. The molecule has 0 aromatic rings. The molecule has 1 unspecified atom stereocenters. The Balaban J connectivity index is 2.22. The van der Waals surface area contributed by atoms with Crippen molar-refractivity contribution in [3.63, 3.8) is 0 Å². The van der Waals surface area contributed by atoms with Crippen LogP contribution in [-0.4, -0.2) is 42.3 Å². The zero-order valence-electron chi connectivity index (χ0n) is 7.87. The number of aliphatic hydroxyl groups is 1. The number of hydrogen-bond donors (Lipinski definition) is 2. The lowest BCUT2D eigenvalue weighted by atomic mass is 10.00. The molecule has 0 bridgehead atoms. The summed E-state index contributed by atoms with van der Waals surface area (Å²) in [6, 6.07) is 0. The minimum absolute atomic E-state index is 0.338. The van der Waals surface area contributed by atoms with E-state index in [4.69, 9.17) is 5.73 Å². The topological polar surface area (TPSA) is 49.5 Å². The van der Waals surface area contributed by atoms with E-state index in [1.54, 1.807) is 0 Å². The van der Waals surface area contributed by atoms with Gasteiger partial charge in [0.15, 0.2) is 0 Å². The number of rotatable bonds is 3. The minimum Gasteiger partial charge on any atom is -0.390 e. The molecule has 3 heteroatoms. The fourth-order valence-corrected chi connectivity index (χ4v) is 1.83. The molecular formula is C9H20N2O. The quantitative estimate of drug-likeness (QED) is 0.632. The zero-order chi connectivity index (χ0) is 8.97. The number of piperidine rings is 1. The number of hydrogen-bond acceptors (Lipinski definition) is 3. The van der Waals surface area contributed by atoms with E-state index in [1.807, 2.05) is 0 Å². The summed E-state index contributed by atoms with van der Waals surface area (Å²) in [6.45, 7) is 5.64. The summed E-state index contributed by atoms with van der Waals surface area (Å²) in [5.74, 6) is 0.781. The third-order valence-electron chi connectivity index (χ3n) is 2.48. The van der Waals surface area contributed by atoms with Gasteiger partial charge in [-0.15, -0.1) is 0 Å². The summed E-state index contributed by atoms with van der Waals surface area (Å²) in [6.07, 6.45) is 2.25. The monoisotopic (exact) mass is 172 g/mol. The molecule has 0 aromatic carbocycles. The molecule has 1 heterocycles. The van der Waals surface area contributed by atoms with Crippen LogP contribution in [0.4, 0.5) is 0 Å². The molecule has 0 radical (unpaired) electrons. The van der Waals surface area contributed by atoms with E-state index in [0.29, 0.717) is 6.54 Å². The molecule has 1 saturated heterocycles. The van der Waals surface area contributed by atoms with E-state index in [0.717, 1.165) is 25.6 Å². The summed E-state index contributed by atoms with van der Waals surface area (Å²) in [4.78, 5) is 2.31. The van der Waals surface area contributed by atoms with E-state index in [2.05, 4.69) is 11.8 Å². The van der Waals surface area contributed by atoms with E-state index in [9.17, 15) is 5.11 Å². The van der Waals surface area contributed by atoms with Crippen molar-refractivity contribution in [2.75, 3.05) is 26.2 Å². The lowest BCUT2D eigenvalue weighted by Crippen LogP contribution is -2.41. The molecule has 1 fully saturated rings. The number of β-amino-alcohol motifs (C(OH)–C–C–N with tert-alkyl or cyclic N) is 1. The molecule has 3 nitrogen and oxygen atoms in total. The van der Waals surface area contributed by atoms with Crippen LogP contribution < -0.4 is 5.73 Å². The lowest BCUT2D eigenvalue weighted by molar-refractivity contribution is 0.0924. The Morgan fingerprint density at radius 3 is 3.00 bits per heavy atom. The molecule has 0 saturated carbocycles. The largest absolute Gasteiger partial charge is 0.390 e. The smallest absolute Gasteiger partial charge is 0.0789 e. The average Bonchev–Trinajstić information content (AvgIpc) is 2.04. The summed E-state index contributed by atoms with van der Waals surface area (Å²) < 4.78 is 0. The summed E-state index contributed by atoms with van der Waals surface area (Å²) >= 11 is 0. The molecule has 1 aliphatic heterocycles. The van der Waals surface area contributed by atoms with Crippen LogP contribution in [0.25, 0.3) is 0 Å². The fourth-order valence-electron chi connectivity index (χ4n) is 1.83. The van der Waals surface area contributed by atoms with Crippen LogP contribution in [0, 0.1) is 5.92 Å². The van der Waals surface area contributed by atoms with Gasteiger partial charge in [-0.1, -0.05) is 6.92 Å². The second kappa shape index (κ2) is 4.80. The van der Waals surface area contributed by atoms with Gasteiger partial charge in [-0.25, -0.2) is 0 Å². The normalized spacial score (nSPS) is 28.8. The van der Waals surface area contributed by atoms with Crippen molar-refractivity contribution in [3.05, 3.63) is 0 Å². The van der Waals surface area contributed by atoms with Crippen molar-refractivity contribution in [2.24, 2.45) is 11.7 Å². The Bertz CT molecular complexity index is 130. The van der Waals surface area contributed by atoms with E-state index in [1.165, 1.54) is 12.8 Å². The molecule has 0 amide bonds. The van der Waals surface area contributed by atoms with Crippen molar-refractivity contribution in [1.29, 1.82) is 0 Å². The van der Waals surface area contributed by atoms with Gasteiger partial charge in [0, 0.05) is 19.6 Å². The first kappa shape index (κ1) is 9.96. The van der Waals surface area contributed by atoms with Gasteiger partial charge < -0.3 is 15.7 Å². The van der Waals surface area contributed by atoms with Gasteiger partial charge in [0.2, 0.25) is 0 Å². The molecule has 3 N–H and O–H groups in total. The Morgan fingerprint density at radius 1 is 1.67 bits per heavy atom. The van der Waals surface area contributed by atoms with Crippen LogP contribution in [0.5, 0.6) is 0 Å². The summed E-state index contributed by atoms with van der Waals surface area (Å²) in [7, 11) is 0. The minimum atomic E-state index is -0.338. The molecule has 2 atom stereocenters. The Kier molecular flexibility index (Phi) is 3.98. The van der Waals surface area contributed by atoms with Crippen molar-refractivity contribution < 1.29 is 5.11 Å².